The number of hydrogen-bond donors (Lipinski definition) is 2. The highest BCUT2D eigenvalue weighted by Crippen LogP contribution is 2.20. The van der Waals surface area contributed by atoms with Gasteiger partial charge in [0.15, 0.2) is 0 Å². The smallest absolute Gasteiger partial charge is 0.319 e. The van der Waals surface area contributed by atoms with Gasteiger partial charge in [-0.3, -0.25) is 0 Å². The van der Waals surface area contributed by atoms with Gasteiger partial charge in [0.1, 0.15) is 0 Å². The first-order chi connectivity index (χ1) is 12.9. The second kappa shape index (κ2) is 9.94. The van der Waals surface area contributed by atoms with Crippen molar-refractivity contribution in [3.05, 3.63) is 24.3 Å². The fourth-order valence-electron chi connectivity index (χ4n) is 2.93. The van der Waals surface area contributed by atoms with E-state index in [2.05, 4.69) is 15.5 Å². The van der Waals surface area contributed by atoms with Crippen molar-refractivity contribution in [2.45, 2.75) is 46.1 Å². The van der Waals surface area contributed by atoms with Crippen molar-refractivity contribution >= 4 is 27.4 Å². The molecule has 1 aromatic rings. The number of nitrogens with zero attached hydrogens (tertiary/aromatic N) is 2. The number of piperazine rings is 1. The second-order valence-electron chi connectivity index (χ2n) is 7.01. The summed E-state index contributed by atoms with van der Waals surface area (Å²) in [5.41, 5.74) is 1.77. The third-order valence-electron chi connectivity index (χ3n) is 4.87. The average Bonchev–Trinajstić information content (AvgIpc) is 2.67. The van der Waals surface area contributed by atoms with Gasteiger partial charge in [0.25, 0.3) is 0 Å². The lowest BCUT2D eigenvalue weighted by molar-refractivity contribution is 0.249. The monoisotopic (exact) mass is 396 g/mol. The Labute approximate surface area is 163 Å². The zero-order chi connectivity index (χ0) is 19.9. The lowest BCUT2D eigenvalue weighted by Gasteiger charge is -2.35. The molecular formula is C19H32N4O3S. The number of nitrogens with one attached hydrogen (secondary N) is 2. The second-order valence-corrected chi connectivity index (χ2v) is 9.10. The van der Waals surface area contributed by atoms with Crippen LogP contribution in [0.3, 0.4) is 0 Å². The number of carbonyl (C=O) groups is 1. The van der Waals surface area contributed by atoms with Crippen LogP contribution in [0.15, 0.2) is 24.3 Å². The van der Waals surface area contributed by atoms with Gasteiger partial charge in [-0.25, -0.2) is 13.2 Å². The van der Waals surface area contributed by atoms with E-state index in [0.29, 0.717) is 32.6 Å². The van der Waals surface area contributed by atoms with Crippen molar-refractivity contribution in [3.63, 3.8) is 0 Å². The highest BCUT2D eigenvalue weighted by Gasteiger charge is 2.26. The van der Waals surface area contributed by atoms with E-state index >= 15 is 0 Å². The molecule has 0 radical (unpaired) electrons. The minimum absolute atomic E-state index is 0.133. The number of benzene rings is 1. The normalized spacial score (nSPS) is 16.8. The van der Waals surface area contributed by atoms with E-state index in [-0.39, 0.29) is 17.8 Å². The van der Waals surface area contributed by atoms with Crippen molar-refractivity contribution in [1.29, 1.82) is 0 Å². The molecule has 2 rings (SSSR count). The van der Waals surface area contributed by atoms with Crippen LogP contribution in [0.25, 0.3) is 0 Å². The molecule has 1 atom stereocenters. The Morgan fingerprint density at radius 1 is 1.11 bits per heavy atom. The van der Waals surface area contributed by atoms with Crippen molar-refractivity contribution in [2.75, 3.05) is 42.1 Å². The van der Waals surface area contributed by atoms with Gasteiger partial charge in [0.2, 0.25) is 10.0 Å². The summed E-state index contributed by atoms with van der Waals surface area (Å²) >= 11 is 0. The van der Waals surface area contributed by atoms with E-state index in [1.807, 2.05) is 45.0 Å². The van der Waals surface area contributed by atoms with Crippen molar-refractivity contribution in [1.82, 2.24) is 9.62 Å². The Balaban J connectivity index is 1.87. The first-order valence-corrected chi connectivity index (χ1v) is 11.4. The van der Waals surface area contributed by atoms with Crippen molar-refractivity contribution in [2.24, 2.45) is 0 Å². The molecular weight excluding hydrogens is 364 g/mol. The predicted octanol–water partition coefficient (Wildman–Crippen LogP) is 2.86. The molecule has 1 aliphatic rings. The molecule has 1 unspecified atom stereocenters. The van der Waals surface area contributed by atoms with E-state index in [4.69, 9.17) is 0 Å². The number of amides is 2. The first-order valence-electron chi connectivity index (χ1n) is 9.76. The minimum atomic E-state index is -3.13. The van der Waals surface area contributed by atoms with Gasteiger partial charge in [-0.15, -0.1) is 0 Å². The highest BCUT2D eigenvalue weighted by molar-refractivity contribution is 7.89. The molecule has 1 heterocycles. The van der Waals surface area contributed by atoms with Gasteiger partial charge < -0.3 is 15.5 Å². The fraction of sp³-hybridized carbons (Fsp3) is 0.632. The topological polar surface area (TPSA) is 81.8 Å². The fourth-order valence-corrected chi connectivity index (χ4v) is 4.56. The summed E-state index contributed by atoms with van der Waals surface area (Å²) in [4.78, 5) is 14.1. The number of sulfonamides is 1. The van der Waals surface area contributed by atoms with Gasteiger partial charge in [0, 0.05) is 43.6 Å². The molecule has 0 aromatic heterocycles. The van der Waals surface area contributed by atoms with Gasteiger partial charge in [0.05, 0.1) is 5.75 Å². The van der Waals surface area contributed by atoms with E-state index in [9.17, 15) is 13.2 Å². The van der Waals surface area contributed by atoms with Crippen LogP contribution >= 0.6 is 0 Å². The molecule has 2 amide bonds. The van der Waals surface area contributed by atoms with Crippen LogP contribution in [-0.2, 0) is 10.0 Å². The maximum absolute atomic E-state index is 12.3. The molecule has 8 heteroatoms. The Morgan fingerprint density at radius 3 is 2.30 bits per heavy atom. The van der Waals surface area contributed by atoms with Crippen LogP contribution in [0.2, 0.25) is 0 Å². The average molecular weight is 397 g/mol. The Hall–Kier alpha value is -1.80. The highest BCUT2D eigenvalue weighted by atomic mass is 32.2. The molecule has 0 spiro atoms. The van der Waals surface area contributed by atoms with Gasteiger partial charge in [-0.1, -0.05) is 20.3 Å². The third kappa shape index (κ3) is 6.39. The predicted molar refractivity (Wildman–Crippen MR) is 111 cm³/mol. The summed E-state index contributed by atoms with van der Waals surface area (Å²) in [6.45, 7) is 8.37. The Morgan fingerprint density at radius 2 is 1.74 bits per heavy atom. The molecule has 0 bridgehead atoms. The van der Waals surface area contributed by atoms with E-state index in [0.717, 1.165) is 24.2 Å². The molecule has 0 aliphatic carbocycles. The molecule has 2 N–H and O–H groups in total. The molecule has 1 aliphatic heterocycles. The van der Waals surface area contributed by atoms with Crippen LogP contribution in [0.5, 0.6) is 0 Å². The van der Waals surface area contributed by atoms with Crippen LogP contribution in [0.1, 0.15) is 40.0 Å². The summed E-state index contributed by atoms with van der Waals surface area (Å²) in [5, 5.41) is 5.69. The molecule has 1 aromatic carbocycles. The number of anilines is 2. The summed E-state index contributed by atoms with van der Waals surface area (Å²) in [7, 11) is -3.13. The largest absolute Gasteiger partial charge is 0.369 e. The number of hydrogen-bond acceptors (Lipinski definition) is 4. The van der Waals surface area contributed by atoms with Gasteiger partial charge >= 0.3 is 6.03 Å². The Bertz CT molecular complexity index is 698. The SMILES string of the molecule is CCCCS(=O)(=O)N1CCN(c2ccc(NC(=O)NC(C)CC)cc2)CC1. The van der Waals surface area contributed by atoms with E-state index in [1.165, 1.54) is 0 Å². The quantitative estimate of drug-likeness (QED) is 0.708. The van der Waals surface area contributed by atoms with Crippen LogP contribution in [0, 0.1) is 0 Å². The number of unbranched alkanes of at least 4 members (excludes halogenated alkanes) is 1. The van der Waals surface area contributed by atoms with Crippen LogP contribution < -0.4 is 15.5 Å². The molecule has 7 nitrogen and oxygen atoms in total. The van der Waals surface area contributed by atoms with Crippen LogP contribution in [-0.4, -0.2) is 56.7 Å². The molecule has 1 saturated heterocycles. The Kier molecular flexibility index (Phi) is 7.91. The van der Waals surface area contributed by atoms with Crippen molar-refractivity contribution < 1.29 is 13.2 Å². The zero-order valence-electron chi connectivity index (χ0n) is 16.6. The van der Waals surface area contributed by atoms with E-state index < -0.39 is 10.0 Å². The number of rotatable bonds is 8. The van der Waals surface area contributed by atoms with E-state index in [1.54, 1.807) is 4.31 Å². The maximum atomic E-state index is 12.3. The summed E-state index contributed by atoms with van der Waals surface area (Å²) in [6.07, 6.45) is 2.48. The zero-order valence-corrected chi connectivity index (χ0v) is 17.4. The standard InChI is InChI=1S/C19H32N4O3S/c1-4-6-15-27(25,26)23-13-11-22(12-14-23)18-9-7-17(8-10-18)21-19(24)20-16(3)5-2/h7-10,16H,4-6,11-15H2,1-3H3,(H2,20,21,24). The molecule has 1 fully saturated rings. The molecule has 152 valence electrons. The number of carbonyl (C=O) groups excluding carboxylic acids is 1. The minimum Gasteiger partial charge on any atom is -0.369 e. The summed E-state index contributed by atoms with van der Waals surface area (Å²) < 4.78 is 26.2. The lowest BCUT2D eigenvalue weighted by Crippen LogP contribution is -2.49. The summed E-state index contributed by atoms with van der Waals surface area (Å²) in [5.74, 6) is 0.239. The lowest BCUT2D eigenvalue weighted by atomic mass is 10.2. The van der Waals surface area contributed by atoms with Gasteiger partial charge in [-0.2, -0.15) is 4.31 Å². The summed E-state index contributed by atoms with van der Waals surface area (Å²) in [6, 6.07) is 7.59. The van der Waals surface area contributed by atoms with Crippen LogP contribution in [0.4, 0.5) is 16.2 Å². The van der Waals surface area contributed by atoms with Gasteiger partial charge in [-0.05, 0) is 44.0 Å². The first kappa shape index (κ1) is 21.5. The number of urea groups is 1. The third-order valence-corrected chi connectivity index (χ3v) is 6.82. The molecule has 27 heavy (non-hydrogen) atoms. The molecule has 0 saturated carbocycles. The maximum Gasteiger partial charge on any atom is 0.319 e. The van der Waals surface area contributed by atoms with Crippen molar-refractivity contribution in [3.8, 4) is 0 Å².